The van der Waals surface area contributed by atoms with Crippen molar-refractivity contribution in [3.05, 3.63) is 29.8 Å². The number of carbonyl (C=O) groups excluding carboxylic acids is 1. The van der Waals surface area contributed by atoms with Crippen LogP contribution in [0.25, 0.3) is 0 Å². The third-order valence-corrected chi connectivity index (χ3v) is 2.88. The van der Waals surface area contributed by atoms with E-state index in [0.29, 0.717) is 11.3 Å². The summed E-state index contributed by atoms with van der Waals surface area (Å²) in [4.78, 5) is 29.0. The van der Waals surface area contributed by atoms with Crippen LogP contribution < -0.4 is 4.90 Å². The van der Waals surface area contributed by atoms with E-state index in [2.05, 4.69) is 5.16 Å². The number of carboxylic acids is 1. The molecule has 1 unspecified atom stereocenters. The van der Waals surface area contributed by atoms with Gasteiger partial charge in [-0.25, -0.2) is 4.79 Å². The van der Waals surface area contributed by atoms with Gasteiger partial charge in [0.2, 0.25) is 6.10 Å². The summed E-state index contributed by atoms with van der Waals surface area (Å²) in [6.07, 6.45) is -1.02. The van der Waals surface area contributed by atoms with Gasteiger partial charge in [0.1, 0.15) is 0 Å². The second kappa shape index (κ2) is 5.40. The molecule has 1 aromatic carbocycles. The van der Waals surface area contributed by atoms with Gasteiger partial charge in [-0.3, -0.25) is 4.79 Å². The zero-order chi connectivity index (χ0) is 14.7. The molecule has 0 radical (unpaired) electrons. The summed E-state index contributed by atoms with van der Waals surface area (Å²) in [5, 5.41) is 21.0. The minimum atomic E-state index is -1.20. The van der Waals surface area contributed by atoms with Gasteiger partial charge >= 0.3 is 5.97 Å². The van der Waals surface area contributed by atoms with Crippen LogP contribution in [-0.4, -0.2) is 35.8 Å². The molecule has 1 amide bonds. The number of hydrogen-bond donors (Lipinski definition) is 1. The fourth-order valence-corrected chi connectivity index (χ4v) is 1.76. The lowest BCUT2D eigenvalue weighted by Gasteiger charge is -2.19. The van der Waals surface area contributed by atoms with Crippen LogP contribution >= 0.6 is 0 Å². The van der Waals surface area contributed by atoms with Crippen molar-refractivity contribution in [2.75, 3.05) is 11.9 Å². The van der Waals surface area contributed by atoms with E-state index in [1.54, 1.807) is 24.3 Å². The fraction of sp³-hybridized carbons (Fsp3) is 0.231. The normalized spacial score (nSPS) is 16.8. The molecule has 1 aliphatic rings. The van der Waals surface area contributed by atoms with E-state index in [-0.39, 0.29) is 12.1 Å². The second-order valence-electron chi connectivity index (χ2n) is 4.20. The summed E-state index contributed by atoms with van der Waals surface area (Å²) in [5.74, 6) is -1.62. The van der Waals surface area contributed by atoms with E-state index >= 15 is 0 Å². The molecule has 0 fully saturated rings. The summed E-state index contributed by atoms with van der Waals surface area (Å²) in [6.45, 7) is 0. The smallest absolute Gasteiger partial charge is 0.353 e. The van der Waals surface area contributed by atoms with Crippen LogP contribution in [0.4, 0.5) is 5.69 Å². The Kier molecular flexibility index (Phi) is 3.66. The highest BCUT2D eigenvalue weighted by Gasteiger charge is 2.33. The summed E-state index contributed by atoms with van der Waals surface area (Å²) in [5.41, 5.74) is 0.779. The first-order valence-corrected chi connectivity index (χ1v) is 5.76. The number of nitrogens with zero attached hydrogens (tertiary/aromatic N) is 3. The second-order valence-corrected chi connectivity index (χ2v) is 4.20. The highest BCUT2D eigenvalue weighted by atomic mass is 16.6. The summed E-state index contributed by atoms with van der Waals surface area (Å²) in [7, 11) is 1.53. The molecule has 1 aromatic rings. The van der Waals surface area contributed by atoms with Gasteiger partial charge in [0.05, 0.1) is 11.6 Å². The van der Waals surface area contributed by atoms with Crippen molar-refractivity contribution in [3.63, 3.8) is 0 Å². The molecule has 7 nitrogen and oxygen atoms in total. The minimum absolute atomic E-state index is 0.0730. The third kappa shape index (κ3) is 2.59. The standard InChI is InChI=1S/C13H11N3O4/c1-16(9-4-2-3-8(5-9)7-14)12(17)11-6-10(13(18)19)15-20-11/h2-5,11H,6H2,1H3,(H,18,19). The van der Waals surface area contributed by atoms with Crippen molar-refractivity contribution < 1.29 is 19.5 Å². The van der Waals surface area contributed by atoms with E-state index in [1.807, 2.05) is 6.07 Å². The number of likely N-dealkylation sites (N-methyl/N-ethyl adjacent to an activating group) is 1. The number of anilines is 1. The molecule has 20 heavy (non-hydrogen) atoms. The third-order valence-electron chi connectivity index (χ3n) is 2.88. The first kappa shape index (κ1) is 13.5. The Morgan fingerprint density at radius 1 is 1.55 bits per heavy atom. The van der Waals surface area contributed by atoms with Crippen LogP contribution in [-0.2, 0) is 14.4 Å². The van der Waals surface area contributed by atoms with Gasteiger partial charge in [-0.2, -0.15) is 5.26 Å². The molecule has 0 aliphatic carbocycles. The van der Waals surface area contributed by atoms with Gasteiger partial charge in [-0.1, -0.05) is 11.2 Å². The average Bonchev–Trinajstić information content (AvgIpc) is 2.95. The molecule has 102 valence electrons. The summed E-state index contributed by atoms with van der Waals surface area (Å²) < 4.78 is 0. The fourth-order valence-electron chi connectivity index (χ4n) is 1.76. The van der Waals surface area contributed by atoms with Crippen LogP contribution in [0.1, 0.15) is 12.0 Å². The van der Waals surface area contributed by atoms with Gasteiger partial charge in [-0.05, 0) is 18.2 Å². The molecule has 0 spiro atoms. The van der Waals surface area contributed by atoms with Gasteiger partial charge in [0.15, 0.2) is 5.71 Å². The van der Waals surface area contributed by atoms with E-state index in [4.69, 9.17) is 15.2 Å². The number of carbonyl (C=O) groups is 2. The average molecular weight is 273 g/mol. The lowest BCUT2D eigenvalue weighted by atomic mass is 10.1. The van der Waals surface area contributed by atoms with E-state index in [9.17, 15) is 9.59 Å². The van der Waals surface area contributed by atoms with Crippen molar-refractivity contribution in [2.45, 2.75) is 12.5 Å². The lowest BCUT2D eigenvalue weighted by molar-refractivity contribution is -0.129. The zero-order valence-electron chi connectivity index (χ0n) is 10.6. The summed E-state index contributed by atoms with van der Waals surface area (Å²) in [6, 6.07) is 8.50. The summed E-state index contributed by atoms with van der Waals surface area (Å²) >= 11 is 0. The molecule has 0 bridgehead atoms. The molecule has 7 heteroatoms. The molecule has 0 saturated heterocycles. The number of carboxylic acid groups (broad SMARTS) is 1. The number of oxime groups is 1. The molecule has 1 N–H and O–H groups in total. The van der Waals surface area contributed by atoms with Crippen LogP contribution in [0.5, 0.6) is 0 Å². The topological polar surface area (TPSA) is 103 Å². The highest BCUT2D eigenvalue weighted by Crippen LogP contribution is 2.19. The molecule has 1 atom stereocenters. The van der Waals surface area contributed by atoms with Crippen LogP contribution in [0.2, 0.25) is 0 Å². The number of hydrogen-bond acceptors (Lipinski definition) is 5. The van der Waals surface area contributed by atoms with E-state index in [0.717, 1.165) is 0 Å². The zero-order valence-corrected chi connectivity index (χ0v) is 10.6. The first-order valence-electron chi connectivity index (χ1n) is 5.76. The molecular weight excluding hydrogens is 262 g/mol. The number of nitriles is 1. The maximum Gasteiger partial charge on any atom is 0.353 e. The Labute approximate surface area is 114 Å². The van der Waals surface area contributed by atoms with Crippen molar-refractivity contribution in [2.24, 2.45) is 5.16 Å². The van der Waals surface area contributed by atoms with Gasteiger partial charge in [0, 0.05) is 19.2 Å². The monoisotopic (exact) mass is 273 g/mol. The van der Waals surface area contributed by atoms with Crippen LogP contribution in [0.3, 0.4) is 0 Å². The number of aliphatic carboxylic acids is 1. The van der Waals surface area contributed by atoms with Gasteiger partial charge in [-0.15, -0.1) is 0 Å². The Morgan fingerprint density at radius 3 is 2.90 bits per heavy atom. The van der Waals surface area contributed by atoms with E-state index < -0.39 is 18.0 Å². The van der Waals surface area contributed by atoms with Crippen molar-refractivity contribution in [1.82, 2.24) is 0 Å². The molecule has 0 aromatic heterocycles. The Morgan fingerprint density at radius 2 is 2.30 bits per heavy atom. The molecule has 2 rings (SSSR count). The van der Waals surface area contributed by atoms with E-state index in [1.165, 1.54) is 11.9 Å². The molecule has 1 aliphatic heterocycles. The van der Waals surface area contributed by atoms with Crippen molar-refractivity contribution >= 4 is 23.3 Å². The quantitative estimate of drug-likeness (QED) is 0.875. The lowest BCUT2D eigenvalue weighted by Crippen LogP contribution is -2.37. The number of amides is 1. The largest absolute Gasteiger partial charge is 0.477 e. The SMILES string of the molecule is CN(C(=O)C1CC(C(=O)O)=NO1)c1cccc(C#N)c1. The van der Waals surface area contributed by atoms with Crippen molar-refractivity contribution in [3.8, 4) is 6.07 Å². The Hall–Kier alpha value is -2.88. The predicted octanol–water partition coefficient (Wildman–Crippen LogP) is 0.751. The maximum absolute atomic E-state index is 12.2. The Bertz CT molecular complexity index is 633. The number of rotatable bonds is 3. The van der Waals surface area contributed by atoms with Crippen molar-refractivity contribution in [1.29, 1.82) is 5.26 Å². The molecule has 1 heterocycles. The minimum Gasteiger partial charge on any atom is -0.477 e. The predicted molar refractivity (Wildman–Crippen MR) is 69.1 cm³/mol. The maximum atomic E-state index is 12.2. The molecular formula is C13H11N3O4. The highest BCUT2D eigenvalue weighted by molar-refractivity contribution is 6.36. The first-order chi connectivity index (χ1) is 9.52. The number of benzene rings is 1. The van der Waals surface area contributed by atoms with Gasteiger partial charge in [0.25, 0.3) is 5.91 Å². The molecule has 0 saturated carbocycles. The van der Waals surface area contributed by atoms with Crippen LogP contribution in [0.15, 0.2) is 29.4 Å². The Balaban J connectivity index is 2.10. The van der Waals surface area contributed by atoms with Crippen LogP contribution in [0, 0.1) is 11.3 Å². The van der Waals surface area contributed by atoms with Gasteiger partial charge < -0.3 is 14.8 Å².